The summed E-state index contributed by atoms with van der Waals surface area (Å²) in [5, 5.41) is 27.5. The average Bonchev–Trinajstić information content (AvgIpc) is 2.61. The van der Waals surface area contributed by atoms with Crippen LogP contribution in [0.2, 0.25) is 0 Å². The highest BCUT2D eigenvalue weighted by molar-refractivity contribution is 5.21. The van der Waals surface area contributed by atoms with Crippen molar-refractivity contribution in [2.24, 2.45) is 17.8 Å². The Labute approximate surface area is 199 Å². The van der Waals surface area contributed by atoms with Gasteiger partial charge in [0.25, 0.3) is 16.8 Å². The molecule has 0 heterocycles. The molecule has 39 heavy (non-hydrogen) atoms. The van der Waals surface area contributed by atoms with Crippen molar-refractivity contribution in [2.45, 2.75) is 72.4 Å². The molecule has 1 rings (SSSR count). The van der Waals surface area contributed by atoms with E-state index in [0.717, 1.165) is 0 Å². The standard InChI is InChI=1S/C15H9F21O3/c16-4-1(7(37,10(19,20)21)11(22,23)24)5(17)3(9(39,14(31,32)33)15(34,35)36)6(18)2(4)8(38,12(25,26)27)13(28,29)30/h1-6,37-39H. The molecule has 234 valence electrons. The Morgan fingerprint density at radius 1 is 0.282 bits per heavy atom. The van der Waals surface area contributed by atoms with E-state index in [2.05, 4.69) is 0 Å². The summed E-state index contributed by atoms with van der Waals surface area (Å²) in [5.74, 6) is -17.9. The van der Waals surface area contributed by atoms with Gasteiger partial charge in [-0.05, 0) is 0 Å². The minimum absolute atomic E-state index is 5.85. The first kappa shape index (κ1) is 35.4. The Balaban J connectivity index is 4.45. The zero-order chi connectivity index (χ0) is 32.0. The van der Waals surface area contributed by atoms with Gasteiger partial charge < -0.3 is 15.3 Å². The van der Waals surface area contributed by atoms with E-state index in [-0.39, 0.29) is 0 Å². The summed E-state index contributed by atoms with van der Waals surface area (Å²) >= 11 is 0. The van der Waals surface area contributed by atoms with E-state index in [4.69, 9.17) is 0 Å². The minimum Gasteiger partial charge on any atom is -0.373 e. The molecule has 24 heteroatoms. The SMILES string of the molecule is OC(C1C(F)C(C(O)(C(F)(F)F)C(F)(F)F)C(F)C(C(O)(C(F)(F)F)C(F)(F)F)C1F)(C(F)(F)F)C(F)(F)F. The van der Waals surface area contributed by atoms with E-state index >= 15 is 0 Å². The van der Waals surface area contributed by atoms with Gasteiger partial charge in [-0.2, -0.15) is 79.0 Å². The minimum atomic E-state index is -7.77. The maximum absolute atomic E-state index is 14.8. The van der Waals surface area contributed by atoms with Crippen LogP contribution >= 0.6 is 0 Å². The molecule has 1 saturated carbocycles. The van der Waals surface area contributed by atoms with Gasteiger partial charge in [-0.1, -0.05) is 0 Å². The summed E-state index contributed by atoms with van der Waals surface area (Å²) in [6.07, 6.45) is -64.2. The lowest BCUT2D eigenvalue weighted by Crippen LogP contribution is -2.79. The van der Waals surface area contributed by atoms with Crippen molar-refractivity contribution in [2.75, 3.05) is 0 Å². The van der Waals surface area contributed by atoms with Crippen LogP contribution in [0.3, 0.4) is 0 Å². The Kier molecular flexibility index (Phi) is 8.37. The molecule has 0 saturated heterocycles. The maximum Gasteiger partial charge on any atom is 0.426 e. The fourth-order valence-corrected chi connectivity index (χ4v) is 4.20. The van der Waals surface area contributed by atoms with Crippen LogP contribution < -0.4 is 0 Å². The molecule has 0 aromatic rings. The lowest BCUT2D eigenvalue weighted by atomic mass is 9.57. The van der Waals surface area contributed by atoms with E-state index in [9.17, 15) is 108 Å². The smallest absolute Gasteiger partial charge is 0.373 e. The van der Waals surface area contributed by atoms with Crippen molar-refractivity contribution in [3.8, 4) is 0 Å². The van der Waals surface area contributed by atoms with Gasteiger partial charge in [0.1, 0.15) is 18.5 Å². The number of halogens is 21. The molecule has 3 nitrogen and oxygen atoms in total. The lowest BCUT2D eigenvalue weighted by Gasteiger charge is -2.55. The molecule has 1 aliphatic carbocycles. The molecule has 0 aromatic carbocycles. The van der Waals surface area contributed by atoms with E-state index in [1.807, 2.05) is 0 Å². The van der Waals surface area contributed by atoms with Crippen LogP contribution in [-0.2, 0) is 0 Å². The Hall–Kier alpha value is -1.59. The van der Waals surface area contributed by atoms with Gasteiger partial charge in [-0.25, -0.2) is 13.2 Å². The van der Waals surface area contributed by atoms with E-state index in [1.165, 1.54) is 0 Å². The lowest BCUT2D eigenvalue weighted by molar-refractivity contribution is -0.441. The van der Waals surface area contributed by atoms with Crippen LogP contribution in [0.15, 0.2) is 0 Å². The van der Waals surface area contributed by atoms with Gasteiger partial charge in [0.15, 0.2) is 0 Å². The molecule has 3 N–H and O–H groups in total. The van der Waals surface area contributed by atoms with Gasteiger partial charge in [-0.3, -0.25) is 0 Å². The van der Waals surface area contributed by atoms with Crippen molar-refractivity contribution >= 4 is 0 Å². The third kappa shape index (κ3) is 4.84. The molecule has 0 radical (unpaired) electrons. The molecule has 0 amide bonds. The highest BCUT2D eigenvalue weighted by atomic mass is 19.4. The fraction of sp³-hybridized carbons (Fsp3) is 1.00. The summed E-state index contributed by atoms with van der Waals surface area (Å²) in [6.45, 7) is 0. The number of aliphatic hydroxyl groups is 3. The van der Waals surface area contributed by atoms with Crippen LogP contribution in [0.5, 0.6) is 0 Å². The second-order valence-corrected chi connectivity index (χ2v) is 8.20. The first-order valence-corrected chi connectivity index (χ1v) is 9.09. The zero-order valence-electron chi connectivity index (χ0n) is 17.2. The van der Waals surface area contributed by atoms with Crippen molar-refractivity contribution in [3.63, 3.8) is 0 Å². The van der Waals surface area contributed by atoms with Crippen molar-refractivity contribution in [1.82, 2.24) is 0 Å². The third-order valence-corrected chi connectivity index (χ3v) is 6.10. The highest BCUT2D eigenvalue weighted by Crippen LogP contribution is 2.64. The molecule has 0 aromatic heterocycles. The molecule has 0 atom stereocenters. The van der Waals surface area contributed by atoms with Crippen molar-refractivity contribution in [1.29, 1.82) is 0 Å². The van der Waals surface area contributed by atoms with Crippen LogP contribution in [0, 0.1) is 17.8 Å². The molecule has 0 unspecified atom stereocenters. The highest BCUT2D eigenvalue weighted by Gasteiger charge is 2.88. The molecule has 0 bridgehead atoms. The molecular formula is C15H9F21O3. The predicted molar refractivity (Wildman–Crippen MR) is 76.3 cm³/mol. The van der Waals surface area contributed by atoms with E-state index in [0.29, 0.717) is 0 Å². The quantitative estimate of drug-likeness (QED) is 0.363. The monoisotopic (exact) mass is 636 g/mol. The second kappa shape index (κ2) is 9.21. The summed E-state index contributed by atoms with van der Waals surface area (Å²) < 4.78 is 282. The van der Waals surface area contributed by atoms with Crippen molar-refractivity contribution in [3.05, 3.63) is 0 Å². The normalized spacial score (nSPS) is 29.5. The van der Waals surface area contributed by atoms with E-state index < -0.39 is 90.1 Å². The summed E-state index contributed by atoms with van der Waals surface area (Å²) in [4.78, 5) is 0. The van der Waals surface area contributed by atoms with Gasteiger partial charge in [0.05, 0.1) is 17.8 Å². The predicted octanol–water partition coefficient (Wildman–Crippen LogP) is 5.43. The van der Waals surface area contributed by atoms with Crippen LogP contribution in [0.1, 0.15) is 0 Å². The van der Waals surface area contributed by atoms with E-state index in [1.54, 1.807) is 0 Å². The van der Waals surface area contributed by atoms with Gasteiger partial charge in [0, 0.05) is 0 Å². The number of hydrogen-bond acceptors (Lipinski definition) is 3. The third-order valence-electron chi connectivity index (χ3n) is 6.10. The van der Waals surface area contributed by atoms with Gasteiger partial charge >= 0.3 is 37.1 Å². The fourth-order valence-electron chi connectivity index (χ4n) is 4.20. The Morgan fingerprint density at radius 3 is 0.462 bits per heavy atom. The molecular weight excluding hydrogens is 627 g/mol. The van der Waals surface area contributed by atoms with Crippen molar-refractivity contribution < 1.29 is 108 Å². The topological polar surface area (TPSA) is 60.7 Å². The second-order valence-electron chi connectivity index (χ2n) is 8.20. The molecule has 1 fully saturated rings. The van der Waals surface area contributed by atoms with Crippen LogP contribution in [0.25, 0.3) is 0 Å². The summed E-state index contributed by atoms with van der Waals surface area (Å²) in [7, 11) is 0. The van der Waals surface area contributed by atoms with Crippen LogP contribution in [0.4, 0.5) is 92.2 Å². The average molecular weight is 636 g/mol. The number of rotatable bonds is 3. The maximum atomic E-state index is 14.8. The number of alkyl halides is 21. The number of hydrogen-bond donors (Lipinski definition) is 3. The summed E-state index contributed by atoms with van der Waals surface area (Å²) in [6, 6.07) is 0. The molecule has 1 aliphatic rings. The molecule has 0 aliphatic heterocycles. The first-order valence-electron chi connectivity index (χ1n) is 9.09. The van der Waals surface area contributed by atoms with Gasteiger partial charge in [0.2, 0.25) is 0 Å². The Bertz CT molecular complexity index is 708. The zero-order valence-corrected chi connectivity index (χ0v) is 17.2. The molecule has 0 spiro atoms. The van der Waals surface area contributed by atoms with Gasteiger partial charge in [-0.15, -0.1) is 0 Å². The Morgan fingerprint density at radius 2 is 0.385 bits per heavy atom. The first-order chi connectivity index (χ1) is 16.6. The largest absolute Gasteiger partial charge is 0.426 e. The summed E-state index contributed by atoms with van der Waals surface area (Å²) in [5.41, 5.74) is -22.3. The van der Waals surface area contributed by atoms with Crippen LogP contribution in [-0.4, -0.2) is 87.7 Å².